The van der Waals surface area contributed by atoms with Crippen molar-refractivity contribution in [1.82, 2.24) is 29.9 Å². The molecule has 0 aliphatic carbocycles. The minimum absolute atomic E-state index is 0.0664. The van der Waals surface area contributed by atoms with Gasteiger partial charge in [0.25, 0.3) is 0 Å². The number of anilines is 4. The first-order chi connectivity index (χ1) is 17.5. The lowest BCUT2D eigenvalue weighted by atomic mass is 10.1. The molecule has 0 amide bonds. The van der Waals surface area contributed by atoms with Crippen molar-refractivity contribution < 1.29 is 19.4 Å². The lowest BCUT2D eigenvalue weighted by molar-refractivity contribution is 0.0988. The molecule has 3 N–H and O–H groups in total. The number of aliphatic hydroxyl groups excluding tert-OH is 1. The summed E-state index contributed by atoms with van der Waals surface area (Å²) in [5, 5.41) is 27.6. The highest BCUT2D eigenvalue weighted by Crippen LogP contribution is 2.37. The normalized spacial score (nSPS) is 10.7. The van der Waals surface area contributed by atoms with Gasteiger partial charge in [-0.15, -0.1) is 10.2 Å². The number of benzene rings is 1. The summed E-state index contributed by atoms with van der Waals surface area (Å²) in [5.41, 5.74) is 2.32. The molecule has 0 saturated heterocycles. The third-order valence-corrected chi connectivity index (χ3v) is 5.09. The van der Waals surface area contributed by atoms with E-state index < -0.39 is 0 Å². The zero-order valence-corrected chi connectivity index (χ0v) is 20.1. The number of para-hydroxylation sites is 1. The van der Waals surface area contributed by atoms with Crippen LogP contribution in [0.3, 0.4) is 0 Å². The van der Waals surface area contributed by atoms with Crippen molar-refractivity contribution in [2.75, 3.05) is 31.0 Å². The lowest BCUT2D eigenvalue weighted by Crippen LogP contribution is -2.07. The fourth-order valence-corrected chi connectivity index (χ4v) is 3.42. The van der Waals surface area contributed by atoms with Crippen LogP contribution in [0.1, 0.15) is 23.7 Å². The summed E-state index contributed by atoms with van der Waals surface area (Å²) in [5.74, 6) is 2.16. The van der Waals surface area contributed by atoms with Crippen LogP contribution in [0.5, 0.6) is 11.6 Å². The maximum absolute atomic E-state index is 12.7. The Bertz CT molecular complexity index is 1340. The number of hydrogen-bond donors (Lipinski definition) is 3. The van der Waals surface area contributed by atoms with E-state index in [2.05, 4.69) is 35.9 Å². The molecule has 4 aromatic rings. The zero-order valence-electron chi connectivity index (χ0n) is 20.1. The number of nitrogens with zero attached hydrogens (tertiary/aromatic N) is 6. The molecule has 3 aromatic heterocycles. The molecule has 3 heterocycles. The minimum atomic E-state index is -0.115. The van der Waals surface area contributed by atoms with Gasteiger partial charge < -0.3 is 25.2 Å². The average Bonchev–Trinajstić information content (AvgIpc) is 3.34. The number of rotatable bonds is 11. The average molecular weight is 491 g/mol. The summed E-state index contributed by atoms with van der Waals surface area (Å²) in [6.07, 6.45) is 3.44. The third-order valence-electron chi connectivity index (χ3n) is 5.09. The van der Waals surface area contributed by atoms with E-state index in [1.165, 1.54) is 6.20 Å². The Morgan fingerprint density at radius 3 is 2.61 bits per heavy atom. The second kappa shape index (κ2) is 11.2. The molecule has 186 valence electrons. The molecule has 12 heteroatoms. The molecule has 36 heavy (non-hydrogen) atoms. The Labute approximate surface area is 207 Å². The fourth-order valence-electron chi connectivity index (χ4n) is 3.42. The molecule has 0 unspecified atom stereocenters. The van der Waals surface area contributed by atoms with Crippen molar-refractivity contribution in [3.05, 3.63) is 54.5 Å². The van der Waals surface area contributed by atoms with E-state index in [0.717, 1.165) is 0 Å². The number of methoxy groups -OCH3 is 1. The zero-order chi connectivity index (χ0) is 25.5. The first-order valence-corrected chi connectivity index (χ1v) is 11.2. The second-order valence-electron chi connectivity index (χ2n) is 7.60. The van der Waals surface area contributed by atoms with Crippen molar-refractivity contribution in [3.63, 3.8) is 0 Å². The summed E-state index contributed by atoms with van der Waals surface area (Å²) in [6.45, 7) is 1.81. The van der Waals surface area contributed by atoms with Gasteiger partial charge in [0.15, 0.2) is 23.2 Å². The SMILES string of the molecule is CCC(=O)c1cnc(Nc2ccc(OCCO)nn2)cc1Nc1cccc(-c2ncn(C)n2)c1OC. The Morgan fingerprint density at radius 1 is 1.08 bits per heavy atom. The molecule has 0 atom stereocenters. The molecule has 0 fully saturated rings. The highest BCUT2D eigenvalue weighted by molar-refractivity contribution is 6.02. The van der Waals surface area contributed by atoms with Gasteiger partial charge in [0, 0.05) is 31.8 Å². The summed E-state index contributed by atoms with van der Waals surface area (Å²) in [6, 6.07) is 10.6. The van der Waals surface area contributed by atoms with Crippen LogP contribution in [0, 0.1) is 0 Å². The van der Waals surface area contributed by atoms with Gasteiger partial charge in [0.1, 0.15) is 18.8 Å². The van der Waals surface area contributed by atoms with E-state index in [-0.39, 0.29) is 19.0 Å². The Kier molecular flexibility index (Phi) is 7.66. The van der Waals surface area contributed by atoms with Gasteiger partial charge in [-0.05, 0) is 18.2 Å². The number of aromatic nitrogens is 6. The Hall–Kier alpha value is -4.58. The summed E-state index contributed by atoms with van der Waals surface area (Å²) >= 11 is 0. The quantitative estimate of drug-likeness (QED) is 0.266. The van der Waals surface area contributed by atoms with Crippen LogP contribution in [0.4, 0.5) is 23.0 Å². The van der Waals surface area contributed by atoms with Crippen LogP contribution in [0.25, 0.3) is 11.4 Å². The van der Waals surface area contributed by atoms with Crippen LogP contribution in [-0.2, 0) is 7.05 Å². The molecule has 4 rings (SSSR count). The Morgan fingerprint density at radius 2 is 1.94 bits per heavy atom. The van der Waals surface area contributed by atoms with Crippen molar-refractivity contribution in [1.29, 1.82) is 0 Å². The number of nitrogens with one attached hydrogen (secondary N) is 2. The first-order valence-electron chi connectivity index (χ1n) is 11.2. The number of aliphatic hydroxyl groups is 1. The first kappa shape index (κ1) is 24.5. The van der Waals surface area contributed by atoms with Crippen molar-refractivity contribution >= 4 is 28.8 Å². The van der Waals surface area contributed by atoms with Crippen LogP contribution in [0.2, 0.25) is 0 Å². The monoisotopic (exact) mass is 490 g/mol. The number of Topliss-reactive ketones (excluding diaryl/α,β-unsaturated/α-hetero) is 1. The summed E-state index contributed by atoms with van der Waals surface area (Å²) in [4.78, 5) is 21.3. The fraction of sp³-hybridized carbons (Fsp3) is 0.250. The van der Waals surface area contributed by atoms with Crippen molar-refractivity contribution in [2.45, 2.75) is 13.3 Å². The standard InChI is InChI=1S/C24H26N8O4/c1-4-19(34)16-13-25-21(28-20-8-9-22(30-29-20)36-11-10-33)12-18(16)27-17-7-5-6-15(23(17)35-3)24-26-14-32(2)31-24/h5-9,12-14,33H,4,10-11H2,1-3H3,(H2,25,27,28,29). The molecule has 0 spiro atoms. The van der Waals surface area contributed by atoms with Gasteiger partial charge in [-0.1, -0.05) is 13.0 Å². The number of carbonyl (C=O) groups excluding carboxylic acids is 1. The number of ether oxygens (including phenoxy) is 2. The smallest absolute Gasteiger partial charge is 0.233 e. The molecular weight excluding hydrogens is 464 g/mol. The maximum Gasteiger partial charge on any atom is 0.233 e. The van der Waals surface area contributed by atoms with Gasteiger partial charge in [-0.2, -0.15) is 5.10 Å². The van der Waals surface area contributed by atoms with E-state index in [1.54, 1.807) is 50.3 Å². The molecular formula is C24H26N8O4. The third kappa shape index (κ3) is 5.55. The minimum Gasteiger partial charge on any atom is -0.494 e. The van der Waals surface area contributed by atoms with E-state index in [0.29, 0.717) is 58.0 Å². The molecule has 0 bridgehead atoms. The molecule has 12 nitrogen and oxygen atoms in total. The van der Waals surface area contributed by atoms with Gasteiger partial charge in [0.05, 0.1) is 36.2 Å². The molecule has 1 aromatic carbocycles. The van der Waals surface area contributed by atoms with E-state index in [1.807, 2.05) is 18.2 Å². The van der Waals surface area contributed by atoms with Crippen molar-refractivity contribution in [2.24, 2.45) is 7.05 Å². The summed E-state index contributed by atoms with van der Waals surface area (Å²) < 4.78 is 12.5. The van der Waals surface area contributed by atoms with Crippen LogP contribution < -0.4 is 20.1 Å². The predicted octanol–water partition coefficient (Wildman–Crippen LogP) is 3.13. The highest BCUT2D eigenvalue weighted by Gasteiger charge is 2.18. The van der Waals surface area contributed by atoms with Gasteiger partial charge in [-0.3, -0.25) is 9.48 Å². The number of carbonyl (C=O) groups is 1. The van der Waals surface area contributed by atoms with Crippen LogP contribution in [0.15, 0.2) is 48.9 Å². The molecule has 0 aliphatic heterocycles. The van der Waals surface area contributed by atoms with Crippen molar-refractivity contribution in [3.8, 4) is 23.0 Å². The number of hydrogen-bond acceptors (Lipinski definition) is 11. The van der Waals surface area contributed by atoms with E-state index >= 15 is 0 Å². The van der Waals surface area contributed by atoms with Gasteiger partial charge >= 0.3 is 0 Å². The molecule has 0 aliphatic rings. The highest BCUT2D eigenvalue weighted by atomic mass is 16.5. The lowest BCUT2D eigenvalue weighted by Gasteiger charge is -2.17. The predicted molar refractivity (Wildman–Crippen MR) is 133 cm³/mol. The second-order valence-corrected chi connectivity index (χ2v) is 7.60. The molecule has 0 saturated carbocycles. The largest absolute Gasteiger partial charge is 0.494 e. The summed E-state index contributed by atoms with van der Waals surface area (Å²) in [7, 11) is 3.36. The topological polar surface area (TPSA) is 149 Å². The van der Waals surface area contributed by atoms with E-state index in [9.17, 15) is 4.79 Å². The number of pyridine rings is 1. The van der Waals surface area contributed by atoms with Crippen LogP contribution in [-0.4, -0.2) is 61.2 Å². The maximum atomic E-state index is 12.7. The number of ketones is 1. The van der Waals surface area contributed by atoms with Gasteiger partial charge in [0.2, 0.25) is 5.88 Å². The Balaban J connectivity index is 1.65. The molecule has 0 radical (unpaired) electrons. The van der Waals surface area contributed by atoms with Gasteiger partial charge in [-0.25, -0.2) is 9.97 Å². The number of aryl methyl sites for hydroxylation is 1. The van der Waals surface area contributed by atoms with Crippen LogP contribution >= 0.6 is 0 Å². The van der Waals surface area contributed by atoms with E-state index in [4.69, 9.17) is 14.6 Å².